The average Bonchev–Trinajstić information content (AvgIpc) is 2.46. The van der Waals surface area contributed by atoms with Gasteiger partial charge in [0.25, 0.3) is 0 Å². The van der Waals surface area contributed by atoms with Crippen LogP contribution in [0.3, 0.4) is 0 Å². The first-order valence-corrected chi connectivity index (χ1v) is 7.87. The summed E-state index contributed by atoms with van der Waals surface area (Å²) in [7, 11) is 0. The second-order valence-corrected chi connectivity index (χ2v) is 5.00. The van der Waals surface area contributed by atoms with Crippen LogP contribution in [0.25, 0.3) is 0 Å². The van der Waals surface area contributed by atoms with Gasteiger partial charge >= 0.3 is 12.0 Å². The van der Waals surface area contributed by atoms with Gasteiger partial charge in [-0.25, -0.2) is 4.79 Å². The number of carbonyl (C=O) groups is 2. The fourth-order valence-corrected chi connectivity index (χ4v) is 2.10. The number of likely N-dealkylation sites (N-methyl/N-ethyl adjacent to an activating group) is 1. The Kier molecular flexibility index (Phi) is 11.7. The molecule has 6 heteroatoms. The number of nitrogens with zero attached hydrogens (tertiary/aromatic N) is 1. The van der Waals surface area contributed by atoms with E-state index in [4.69, 9.17) is 9.84 Å². The summed E-state index contributed by atoms with van der Waals surface area (Å²) < 4.78 is 5.25. The number of carboxylic acids is 1. The molecule has 0 heterocycles. The second-order valence-electron chi connectivity index (χ2n) is 5.00. The summed E-state index contributed by atoms with van der Waals surface area (Å²) in [6.45, 7) is 8.94. The van der Waals surface area contributed by atoms with E-state index >= 15 is 0 Å². The van der Waals surface area contributed by atoms with Crippen LogP contribution in [0, 0.1) is 5.92 Å². The first kappa shape index (κ1) is 19.7. The normalized spacial score (nSPS) is 12.0. The molecule has 0 aromatic rings. The quantitative estimate of drug-likeness (QED) is 0.542. The molecule has 2 N–H and O–H groups in total. The van der Waals surface area contributed by atoms with E-state index in [0.29, 0.717) is 45.2 Å². The van der Waals surface area contributed by atoms with Crippen LogP contribution in [0.1, 0.15) is 46.5 Å². The molecule has 0 fully saturated rings. The van der Waals surface area contributed by atoms with E-state index in [1.807, 2.05) is 13.8 Å². The molecule has 2 amide bonds. The Labute approximate surface area is 127 Å². The minimum Gasteiger partial charge on any atom is -0.481 e. The van der Waals surface area contributed by atoms with E-state index in [2.05, 4.69) is 12.2 Å². The highest BCUT2D eigenvalue weighted by Crippen LogP contribution is 2.14. The van der Waals surface area contributed by atoms with Crippen molar-refractivity contribution in [3.05, 3.63) is 0 Å². The number of aliphatic carboxylic acids is 1. The molecule has 0 aliphatic carbocycles. The zero-order valence-corrected chi connectivity index (χ0v) is 13.6. The number of ether oxygens (including phenoxy) is 1. The highest BCUT2D eigenvalue weighted by Gasteiger charge is 2.12. The first-order valence-electron chi connectivity index (χ1n) is 7.87. The van der Waals surface area contributed by atoms with Crippen molar-refractivity contribution in [2.75, 3.05) is 32.8 Å². The van der Waals surface area contributed by atoms with E-state index < -0.39 is 5.97 Å². The third-order valence-electron chi connectivity index (χ3n) is 3.55. The molecular weight excluding hydrogens is 272 g/mol. The van der Waals surface area contributed by atoms with Crippen molar-refractivity contribution in [3.63, 3.8) is 0 Å². The highest BCUT2D eigenvalue weighted by molar-refractivity contribution is 5.74. The summed E-state index contributed by atoms with van der Waals surface area (Å²) >= 11 is 0. The lowest BCUT2D eigenvalue weighted by molar-refractivity contribution is -0.137. The minimum absolute atomic E-state index is 0.0784. The summed E-state index contributed by atoms with van der Waals surface area (Å²) in [6, 6.07) is -0.0784. The fraction of sp³-hybridized carbons (Fsp3) is 0.867. The fourth-order valence-electron chi connectivity index (χ4n) is 2.10. The molecule has 1 unspecified atom stereocenters. The number of nitrogens with one attached hydrogen (secondary N) is 1. The minimum atomic E-state index is -0.759. The van der Waals surface area contributed by atoms with Crippen molar-refractivity contribution in [2.45, 2.75) is 46.5 Å². The number of hydrogen-bond acceptors (Lipinski definition) is 3. The molecular formula is C15H30N2O4. The van der Waals surface area contributed by atoms with E-state index in [-0.39, 0.29) is 12.5 Å². The van der Waals surface area contributed by atoms with E-state index in [1.54, 1.807) is 4.90 Å². The van der Waals surface area contributed by atoms with Crippen LogP contribution in [0.4, 0.5) is 4.79 Å². The molecule has 6 nitrogen and oxygen atoms in total. The van der Waals surface area contributed by atoms with Crippen LogP contribution in [0.5, 0.6) is 0 Å². The number of amides is 2. The van der Waals surface area contributed by atoms with Crippen LogP contribution in [0.15, 0.2) is 0 Å². The van der Waals surface area contributed by atoms with Gasteiger partial charge in [-0.05, 0) is 32.6 Å². The lowest BCUT2D eigenvalue weighted by atomic mass is 9.97. The molecule has 21 heavy (non-hydrogen) atoms. The number of urea groups is 1. The second kappa shape index (κ2) is 12.4. The Morgan fingerprint density at radius 3 is 2.48 bits per heavy atom. The van der Waals surface area contributed by atoms with E-state index in [9.17, 15) is 9.59 Å². The van der Waals surface area contributed by atoms with Crippen LogP contribution in [0.2, 0.25) is 0 Å². The molecule has 0 rings (SSSR count). The van der Waals surface area contributed by atoms with Gasteiger partial charge in [0.15, 0.2) is 0 Å². The highest BCUT2D eigenvalue weighted by atomic mass is 16.5. The first-order chi connectivity index (χ1) is 10.0. The predicted molar refractivity (Wildman–Crippen MR) is 82.4 cm³/mol. The van der Waals surface area contributed by atoms with Crippen molar-refractivity contribution < 1.29 is 19.4 Å². The maximum Gasteiger partial charge on any atom is 0.317 e. The summed E-state index contributed by atoms with van der Waals surface area (Å²) in [6.07, 6.45) is 2.62. The monoisotopic (exact) mass is 302 g/mol. The summed E-state index contributed by atoms with van der Waals surface area (Å²) in [5, 5.41) is 11.6. The Bertz CT molecular complexity index is 297. The van der Waals surface area contributed by atoms with Crippen LogP contribution in [-0.4, -0.2) is 54.9 Å². The molecule has 0 spiro atoms. The van der Waals surface area contributed by atoms with Crippen LogP contribution >= 0.6 is 0 Å². The molecule has 0 saturated heterocycles. The zero-order valence-electron chi connectivity index (χ0n) is 13.6. The van der Waals surface area contributed by atoms with Crippen molar-refractivity contribution in [1.82, 2.24) is 10.2 Å². The van der Waals surface area contributed by atoms with Crippen LogP contribution < -0.4 is 5.32 Å². The smallest absolute Gasteiger partial charge is 0.317 e. The van der Waals surface area contributed by atoms with Gasteiger partial charge in [0.05, 0.1) is 6.61 Å². The molecule has 0 saturated carbocycles. The molecule has 0 aliphatic heterocycles. The lowest BCUT2D eigenvalue weighted by Crippen LogP contribution is -2.42. The molecule has 0 radical (unpaired) electrons. The Hall–Kier alpha value is -1.30. The van der Waals surface area contributed by atoms with Crippen molar-refractivity contribution >= 4 is 12.0 Å². The van der Waals surface area contributed by atoms with Gasteiger partial charge < -0.3 is 20.1 Å². The number of carbonyl (C=O) groups excluding carboxylic acids is 1. The maximum atomic E-state index is 12.0. The largest absolute Gasteiger partial charge is 0.481 e. The molecule has 124 valence electrons. The maximum absolute atomic E-state index is 12.0. The van der Waals surface area contributed by atoms with Gasteiger partial charge in [-0.3, -0.25) is 4.79 Å². The summed E-state index contributed by atoms with van der Waals surface area (Å²) in [4.78, 5) is 24.3. The predicted octanol–water partition coefficient (Wildman–Crippen LogP) is 2.34. The standard InChI is InChI=1S/C15H30N2O4/c1-4-13(7-8-14(18)19)9-10-16-15(20)17(5-2)11-12-21-6-3/h13H,4-12H2,1-3H3,(H,16,20)(H,18,19). The van der Waals surface area contributed by atoms with E-state index in [0.717, 1.165) is 12.8 Å². The van der Waals surface area contributed by atoms with Gasteiger partial charge in [-0.2, -0.15) is 0 Å². The third-order valence-corrected chi connectivity index (χ3v) is 3.55. The van der Waals surface area contributed by atoms with Crippen molar-refractivity contribution in [3.8, 4) is 0 Å². The van der Waals surface area contributed by atoms with Crippen molar-refractivity contribution in [2.24, 2.45) is 5.92 Å². The zero-order chi connectivity index (χ0) is 16.1. The Morgan fingerprint density at radius 1 is 1.24 bits per heavy atom. The van der Waals surface area contributed by atoms with Gasteiger partial charge in [-0.15, -0.1) is 0 Å². The SMILES string of the molecule is CCOCCN(CC)C(=O)NCCC(CC)CCC(=O)O. The van der Waals surface area contributed by atoms with Crippen molar-refractivity contribution in [1.29, 1.82) is 0 Å². The topological polar surface area (TPSA) is 78.9 Å². The number of hydrogen-bond donors (Lipinski definition) is 2. The molecule has 1 atom stereocenters. The molecule has 0 aromatic carbocycles. The number of rotatable bonds is 12. The van der Waals surface area contributed by atoms with Gasteiger partial charge in [0, 0.05) is 32.7 Å². The number of carboxylic acid groups (broad SMARTS) is 1. The average molecular weight is 302 g/mol. The van der Waals surface area contributed by atoms with Gasteiger partial charge in [-0.1, -0.05) is 13.3 Å². The molecule has 0 bridgehead atoms. The van der Waals surface area contributed by atoms with Gasteiger partial charge in [0.2, 0.25) is 0 Å². The molecule has 0 aliphatic rings. The summed E-state index contributed by atoms with van der Waals surface area (Å²) in [5.74, 6) is -0.412. The lowest BCUT2D eigenvalue weighted by Gasteiger charge is -2.22. The Balaban J connectivity index is 3.94. The van der Waals surface area contributed by atoms with Crippen LogP contribution in [-0.2, 0) is 9.53 Å². The van der Waals surface area contributed by atoms with E-state index in [1.165, 1.54) is 0 Å². The molecule has 0 aromatic heterocycles. The summed E-state index contributed by atoms with van der Waals surface area (Å²) in [5.41, 5.74) is 0. The Morgan fingerprint density at radius 2 is 1.95 bits per heavy atom. The van der Waals surface area contributed by atoms with Gasteiger partial charge in [0.1, 0.15) is 0 Å². The third kappa shape index (κ3) is 10.1.